The third kappa shape index (κ3) is 8.04. The Morgan fingerprint density at radius 1 is 0.372 bits per heavy atom. The summed E-state index contributed by atoms with van der Waals surface area (Å²) in [5.74, 6) is 3.36. The van der Waals surface area contributed by atoms with Gasteiger partial charge in [-0.25, -0.2) is 0 Å². The quantitative estimate of drug-likeness (QED) is 0.148. The van der Waals surface area contributed by atoms with E-state index in [0.29, 0.717) is 0 Å². The highest BCUT2D eigenvalue weighted by molar-refractivity contribution is 7.29. The second-order valence-electron chi connectivity index (χ2n) is 25.9. The Balaban J connectivity index is 1.00. The van der Waals surface area contributed by atoms with Crippen molar-refractivity contribution in [2.75, 3.05) is 9.80 Å². The molecule has 0 radical (unpaired) electrons. The molecule has 0 atom stereocenters. The number of rotatable bonds is 7. The average molecular weight is 1150 g/mol. The Morgan fingerprint density at radius 2 is 0.709 bits per heavy atom. The highest BCUT2D eigenvalue weighted by atomic mass is 32.1. The molecule has 8 heterocycles. The third-order valence-electron chi connectivity index (χ3n) is 17.9. The molecule has 416 valence electrons. The van der Waals surface area contributed by atoms with Gasteiger partial charge in [0.2, 0.25) is 0 Å². The zero-order chi connectivity index (χ0) is 58.1. The summed E-state index contributed by atoms with van der Waals surface area (Å²) in [4.78, 5) is 5.19. The predicted molar refractivity (Wildman–Crippen MR) is 364 cm³/mol. The fraction of sp³-hybridized carbons (Fsp3) is 0.143. The van der Waals surface area contributed by atoms with Crippen molar-refractivity contribution in [1.29, 1.82) is 0 Å². The molecule has 17 rings (SSSR count). The molecule has 6 nitrogen and oxygen atoms in total. The number of nitrogens with zero attached hydrogens (tertiary/aromatic N) is 2. The minimum absolute atomic E-state index is 0.0946. The molecule has 0 fully saturated rings. The first kappa shape index (κ1) is 51.2. The van der Waals surface area contributed by atoms with Crippen molar-refractivity contribution < 1.29 is 17.7 Å². The van der Waals surface area contributed by atoms with Crippen molar-refractivity contribution in [3.8, 4) is 45.3 Å². The number of thiophene rings is 2. The smallest absolute Gasteiger partial charge is 0.256 e. The van der Waals surface area contributed by atoms with Gasteiger partial charge in [-0.05, 0) is 170 Å². The summed E-state index contributed by atoms with van der Waals surface area (Å²) in [6, 6.07) is 75.2. The van der Waals surface area contributed by atoms with Gasteiger partial charge in [-0.2, -0.15) is 0 Å². The monoisotopic (exact) mass is 1150 g/mol. The Labute approximate surface area is 507 Å². The molecule has 0 spiro atoms. The van der Waals surface area contributed by atoms with Gasteiger partial charge in [0.05, 0.1) is 10.0 Å². The number of furan rings is 4. The van der Waals surface area contributed by atoms with E-state index in [1.165, 1.54) is 63.3 Å². The molecule has 6 aromatic heterocycles. The zero-order valence-electron chi connectivity index (χ0n) is 49.1. The molecule has 0 N–H and O–H groups in total. The topological polar surface area (TPSA) is 59.0 Å². The first-order valence-electron chi connectivity index (χ1n) is 29.8. The molecule has 2 aliphatic rings. The van der Waals surface area contributed by atoms with Crippen LogP contribution < -0.4 is 26.2 Å². The molecule has 15 aromatic rings. The summed E-state index contributed by atoms with van der Waals surface area (Å²) in [6.07, 6.45) is 0. The van der Waals surface area contributed by atoms with Gasteiger partial charge in [-0.15, -0.1) is 22.7 Å². The minimum atomic E-state index is -0.145. The van der Waals surface area contributed by atoms with Crippen LogP contribution in [0.5, 0.6) is 0 Å². The van der Waals surface area contributed by atoms with Crippen LogP contribution in [0.25, 0.3) is 109 Å². The van der Waals surface area contributed by atoms with E-state index < -0.39 is 0 Å². The third-order valence-corrected chi connectivity index (χ3v) is 20.3. The van der Waals surface area contributed by atoms with Gasteiger partial charge in [-0.1, -0.05) is 152 Å². The van der Waals surface area contributed by atoms with Crippen molar-refractivity contribution in [2.45, 2.75) is 72.1 Å². The van der Waals surface area contributed by atoms with Crippen LogP contribution in [-0.2, 0) is 10.8 Å². The van der Waals surface area contributed by atoms with Crippen LogP contribution >= 0.6 is 22.7 Å². The molecule has 0 aliphatic carbocycles. The maximum Gasteiger partial charge on any atom is 0.256 e. The minimum Gasteiger partial charge on any atom is -0.456 e. The van der Waals surface area contributed by atoms with Gasteiger partial charge in [-0.3, -0.25) is 0 Å². The van der Waals surface area contributed by atoms with Gasteiger partial charge in [0, 0.05) is 75.9 Å². The Morgan fingerprint density at radius 3 is 1.02 bits per heavy atom. The molecule has 86 heavy (non-hydrogen) atoms. The van der Waals surface area contributed by atoms with Gasteiger partial charge in [0.1, 0.15) is 45.4 Å². The van der Waals surface area contributed by atoms with Gasteiger partial charge >= 0.3 is 0 Å². The highest BCUT2D eigenvalue weighted by Gasteiger charge is 2.48. The van der Waals surface area contributed by atoms with Crippen LogP contribution in [-0.4, -0.2) is 6.71 Å². The van der Waals surface area contributed by atoms with Crippen molar-refractivity contribution in [3.63, 3.8) is 0 Å². The average Bonchev–Trinajstić information content (AvgIpc) is 1.39. The summed E-state index contributed by atoms with van der Waals surface area (Å²) in [6.45, 7) is 18.5. The summed E-state index contributed by atoms with van der Waals surface area (Å²) < 4.78 is 29.8. The lowest BCUT2D eigenvalue weighted by atomic mass is 9.33. The number of hydrogen-bond acceptors (Lipinski definition) is 8. The Kier molecular flexibility index (Phi) is 11.1. The zero-order valence-corrected chi connectivity index (χ0v) is 50.8. The van der Waals surface area contributed by atoms with E-state index in [4.69, 9.17) is 17.7 Å². The molecule has 0 unspecified atom stereocenters. The van der Waals surface area contributed by atoms with Crippen LogP contribution in [0.1, 0.15) is 78.0 Å². The molecule has 0 saturated carbocycles. The van der Waals surface area contributed by atoms with Crippen molar-refractivity contribution in [1.82, 2.24) is 0 Å². The lowest BCUT2D eigenvalue weighted by Crippen LogP contribution is -2.60. The summed E-state index contributed by atoms with van der Waals surface area (Å²) in [7, 11) is 0. The van der Waals surface area contributed by atoms with Crippen molar-refractivity contribution in [3.05, 3.63) is 223 Å². The maximum absolute atomic E-state index is 6.81. The first-order valence-corrected chi connectivity index (χ1v) is 31.4. The highest BCUT2D eigenvalue weighted by Crippen LogP contribution is 2.54. The summed E-state index contributed by atoms with van der Waals surface area (Å²) >= 11 is 3.80. The first-order chi connectivity index (χ1) is 41.6. The second kappa shape index (κ2) is 18.6. The van der Waals surface area contributed by atoms with E-state index >= 15 is 0 Å². The summed E-state index contributed by atoms with van der Waals surface area (Å²) in [5, 5.41) is 9.21. The fourth-order valence-electron chi connectivity index (χ4n) is 13.4. The molecule has 9 aromatic carbocycles. The largest absolute Gasteiger partial charge is 0.456 e. The number of para-hydroxylation sites is 4. The van der Waals surface area contributed by atoms with E-state index in [9.17, 15) is 0 Å². The SMILES string of the molecule is CC(C)c1cc2c3c(c1)N(c1cc(-c4cc5ccccc5o4)cc(-c4cc5ccccc5o4)c1)c1sc4ccc(C(C)(C)C)cc4c1B3c1c(sc3ccc(C(C)(C)C)cc13)N2c1cc(-c2cc3ccccc3o2)cc(-c2cc3ccccc3o2)c1. The van der Waals surface area contributed by atoms with Gasteiger partial charge in [0.25, 0.3) is 6.71 Å². The van der Waals surface area contributed by atoms with Crippen molar-refractivity contribution in [2.24, 2.45) is 0 Å². The summed E-state index contributed by atoms with van der Waals surface area (Å²) in [5.41, 5.74) is 19.1. The standard InChI is InChI=1S/C77H59BN2O4S2/c1-43(2)48-35-59-73-60(36-48)80(56-33-51(67-39-46-19-11-15-23-63(46)83-67)30-52(34-56)68-40-47-20-12-16-24-64(47)84-68)75-72(58-42-54(77(6,7)8)26-28-70(58)86-75)78(73)71-57-41-53(76(3,4)5)25-27-69(57)85-74(71)79(59)55-31-49(65-37-44-17-9-13-21-61(44)81-65)29-50(32-55)66-38-45-18-10-14-22-62(45)82-66/h9-43H,1-8H3. The molecular formula is C77H59BN2O4S2. The van der Waals surface area contributed by atoms with Crippen LogP contribution in [0.4, 0.5) is 32.8 Å². The molecular weight excluding hydrogens is 1090 g/mol. The van der Waals surface area contributed by atoms with E-state index in [1.807, 2.05) is 46.9 Å². The van der Waals surface area contributed by atoms with E-state index in [0.717, 1.165) is 112 Å². The fourth-order valence-corrected chi connectivity index (χ4v) is 15.9. The normalized spacial score (nSPS) is 13.4. The van der Waals surface area contributed by atoms with Crippen molar-refractivity contribution >= 4 is 143 Å². The predicted octanol–water partition coefficient (Wildman–Crippen LogP) is 21.6. The van der Waals surface area contributed by atoms with Gasteiger partial charge in [0.15, 0.2) is 0 Å². The van der Waals surface area contributed by atoms with E-state index in [-0.39, 0.29) is 23.5 Å². The van der Waals surface area contributed by atoms with E-state index in [2.05, 4.69) is 247 Å². The molecule has 9 heteroatoms. The molecule has 0 saturated heterocycles. The van der Waals surface area contributed by atoms with Gasteiger partial charge < -0.3 is 27.5 Å². The van der Waals surface area contributed by atoms with Crippen LogP contribution in [0.2, 0.25) is 0 Å². The van der Waals surface area contributed by atoms with Crippen LogP contribution in [0, 0.1) is 0 Å². The lowest BCUT2D eigenvalue weighted by molar-refractivity contribution is 0.591. The van der Waals surface area contributed by atoms with Crippen LogP contribution in [0.15, 0.2) is 224 Å². The molecule has 0 bridgehead atoms. The van der Waals surface area contributed by atoms with E-state index in [1.54, 1.807) is 0 Å². The number of fused-ring (bicyclic) bond motifs is 12. The lowest BCUT2D eigenvalue weighted by Gasteiger charge is -2.43. The number of hydrogen-bond donors (Lipinski definition) is 0. The number of benzene rings is 9. The molecule has 0 amide bonds. The molecule has 2 aliphatic heterocycles. The van der Waals surface area contributed by atoms with Crippen LogP contribution in [0.3, 0.4) is 0 Å². The second-order valence-corrected chi connectivity index (χ2v) is 28.0. The Bertz CT molecular complexity index is 4660. The maximum atomic E-state index is 6.81. The Hall–Kier alpha value is -9.28. The number of anilines is 6.